The van der Waals surface area contributed by atoms with Crippen LogP contribution in [0.4, 0.5) is 5.69 Å². The second-order valence-electron chi connectivity index (χ2n) is 4.93. The summed E-state index contributed by atoms with van der Waals surface area (Å²) in [5.41, 5.74) is 0.532. The Hall–Kier alpha value is -2.19. The monoisotopic (exact) mass is 411 g/mol. The quantitative estimate of drug-likeness (QED) is 0.582. The van der Waals surface area contributed by atoms with Crippen LogP contribution in [-0.4, -0.2) is 33.0 Å². The molecule has 0 bridgehead atoms. The van der Waals surface area contributed by atoms with Gasteiger partial charge in [0.2, 0.25) is 10.0 Å². The molecule has 126 valence electrons. The zero-order valence-electron chi connectivity index (χ0n) is 12.7. The van der Waals surface area contributed by atoms with Crippen molar-refractivity contribution in [2.45, 2.75) is 0 Å². The lowest BCUT2D eigenvalue weighted by Gasteiger charge is -2.10. The molecule has 8 heteroatoms. The highest BCUT2D eigenvalue weighted by Gasteiger charge is 2.17. The highest BCUT2D eigenvalue weighted by Crippen LogP contribution is 2.18. The van der Waals surface area contributed by atoms with Crippen LogP contribution < -0.4 is 4.72 Å². The number of para-hydroxylation sites is 1. The molecule has 0 radical (unpaired) electrons. The summed E-state index contributed by atoms with van der Waals surface area (Å²) in [6, 6.07) is 12.7. The molecule has 0 spiro atoms. The molecule has 2 aromatic rings. The van der Waals surface area contributed by atoms with Crippen LogP contribution in [0.25, 0.3) is 0 Å². The smallest absolute Gasteiger partial charge is 0.340 e. The summed E-state index contributed by atoms with van der Waals surface area (Å²) in [4.78, 5) is 24.2. The number of sulfonamides is 1. The molecule has 0 saturated heterocycles. The standard InChI is InChI=1S/C16H14BrNO5S/c1-24(21,22)18-14-8-3-2-7-13(14)16(20)23-10-15(19)11-5-4-6-12(17)9-11/h2-9,18H,10H2,1H3. The van der Waals surface area contributed by atoms with Crippen molar-refractivity contribution in [3.05, 3.63) is 64.1 Å². The van der Waals surface area contributed by atoms with Gasteiger partial charge in [-0.3, -0.25) is 9.52 Å². The fourth-order valence-electron chi connectivity index (χ4n) is 1.90. The number of halogens is 1. The Morgan fingerprint density at radius 2 is 1.83 bits per heavy atom. The molecule has 0 atom stereocenters. The van der Waals surface area contributed by atoms with Crippen LogP contribution >= 0.6 is 15.9 Å². The Labute approximate surface area is 148 Å². The van der Waals surface area contributed by atoms with Crippen LogP contribution in [0, 0.1) is 0 Å². The molecule has 0 aliphatic heterocycles. The average Bonchev–Trinajstić information content (AvgIpc) is 2.51. The van der Waals surface area contributed by atoms with Crippen molar-refractivity contribution in [3.63, 3.8) is 0 Å². The van der Waals surface area contributed by atoms with Gasteiger partial charge in [0.15, 0.2) is 12.4 Å². The Kier molecular flexibility index (Phi) is 5.74. The first-order chi connectivity index (χ1) is 11.3. The van der Waals surface area contributed by atoms with Crippen LogP contribution in [0.1, 0.15) is 20.7 Å². The van der Waals surface area contributed by atoms with Crippen LogP contribution in [0.5, 0.6) is 0 Å². The van der Waals surface area contributed by atoms with E-state index in [9.17, 15) is 18.0 Å². The number of ketones is 1. The molecule has 0 saturated carbocycles. The minimum atomic E-state index is -3.54. The Bertz CT molecular complexity index is 880. The van der Waals surface area contributed by atoms with Gasteiger partial charge in [-0.25, -0.2) is 13.2 Å². The van der Waals surface area contributed by atoms with Crippen LogP contribution in [-0.2, 0) is 14.8 Å². The van der Waals surface area contributed by atoms with E-state index in [1.165, 1.54) is 12.1 Å². The van der Waals surface area contributed by atoms with E-state index >= 15 is 0 Å². The molecule has 2 aromatic carbocycles. The molecule has 24 heavy (non-hydrogen) atoms. The number of anilines is 1. The number of hydrogen-bond acceptors (Lipinski definition) is 5. The molecule has 0 heterocycles. The zero-order chi connectivity index (χ0) is 17.7. The first-order valence-electron chi connectivity index (χ1n) is 6.79. The maximum Gasteiger partial charge on any atom is 0.340 e. The van der Waals surface area contributed by atoms with Gasteiger partial charge in [-0.2, -0.15) is 0 Å². The second-order valence-corrected chi connectivity index (χ2v) is 7.59. The predicted molar refractivity (Wildman–Crippen MR) is 93.7 cm³/mol. The summed E-state index contributed by atoms with van der Waals surface area (Å²) in [7, 11) is -3.54. The minimum Gasteiger partial charge on any atom is -0.454 e. The molecular weight excluding hydrogens is 398 g/mol. The van der Waals surface area contributed by atoms with Gasteiger partial charge in [0.25, 0.3) is 0 Å². The molecule has 0 fully saturated rings. The van der Waals surface area contributed by atoms with Gasteiger partial charge in [-0.15, -0.1) is 0 Å². The number of rotatable bonds is 6. The molecule has 0 aliphatic carbocycles. The Balaban J connectivity index is 2.09. The number of Topliss-reactive ketones (excluding diaryl/α,β-unsaturated/α-hetero) is 1. The van der Waals surface area contributed by atoms with Gasteiger partial charge in [-0.05, 0) is 24.3 Å². The summed E-state index contributed by atoms with van der Waals surface area (Å²) in [5.74, 6) is -1.15. The van der Waals surface area contributed by atoms with Crippen molar-refractivity contribution < 1.29 is 22.7 Å². The lowest BCUT2D eigenvalue weighted by atomic mass is 10.1. The van der Waals surface area contributed by atoms with Crippen LogP contribution in [0.15, 0.2) is 53.0 Å². The molecule has 0 unspecified atom stereocenters. The van der Waals surface area contributed by atoms with Crippen LogP contribution in [0.2, 0.25) is 0 Å². The number of carbonyl (C=O) groups excluding carboxylic acids is 2. The summed E-state index contributed by atoms with van der Waals surface area (Å²) < 4.78 is 30.7. The fraction of sp³-hybridized carbons (Fsp3) is 0.125. The number of esters is 1. The van der Waals surface area contributed by atoms with Gasteiger partial charge in [-0.1, -0.05) is 40.2 Å². The fourth-order valence-corrected chi connectivity index (χ4v) is 2.88. The van der Waals surface area contributed by atoms with E-state index in [4.69, 9.17) is 4.74 Å². The number of carbonyl (C=O) groups is 2. The van der Waals surface area contributed by atoms with Gasteiger partial charge in [0.1, 0.15) is 0 Å². The molecule has 6 nitrogen and oxygen atoms in total. The number of ether oxygens (including phenoxy) is 1. The average molecular weight is 412 g/mol. The predicted octanol–water partition coefficient (Wildman–Crippen LogP) is 2.86. The molecular formula is C16H14BrNO5S. The lowest BCUT2D eigenvalue weighted by molar-refractivity contribution is 0.0476. The van der Waals surface area contributed by atoms with Crippen molar-refractivity contribution >= 4 is 43.4 Å². The summed E-state index contributed by atoms with van der Waals surface area (Å²) in [5, 5.41) is 0. The maximum absolute atomic E-state index is 12.1. The van der Waals surface area contributed by atoms with E-state index in [-0.39, 0.29) is 17.0 Å². The SMILES string of the molecule is CS(=O)(=O)Nc1ccccc1C(=O)OCC(=O)c1cccc(Br)c1. The first kappa shape index (κ1) is 18.2. The molecule has 0 amide bonds. The zero-order valence-corrected chi connectivity index (χ0v) is 15.1. The van der Waals surface area contributed by atoms with E-state index in [0.29, 0.717) is 5.56 Å². The summed E-state index contributed by atoms with van der Waals surface area (Å²) >= 11 is 3.26. The van der Waals surface area contributed by atoms with Crippen molar-refractivity contribution in [1.29, 1.82) is 0 Å². The van der Waals surface area contributed by atoms with E-state index < -0.39 is 22.6 Å². The number of benzene rings is 2. The summed E-state index contributed by atoms with van der Waals surface area (Å²) in [6.07, 6.45) is 0.978. The molecule has 1 N–H and O–H groups in total. The van der Waals surface area contributed by atoms with Gasteiger partial charge >= 0.3 is 5.97 Å². The number of nitrogens with one attached hydrogen (secondary N) is 1. The Morgan fingerprint density at radius 3 is 2.50 bits per heavy atom. The van der Waals surface area contributed by atoms with Crippen LogP contribution in [0.3, 0.4) is 0 Å². The highest BCUT2D eigenvalue weighted by atomic mass is 79.9. The lowest BCUT2D eigenvalue weighted by Crippen LogP contribution is -2.17. The van der Waals surface area contributed by atoms with Crippen molar-refractivity contribution in [2.24, 2.45) is 0 Å². The normalized spacial score (nSPS) is 10.9. The van der Waals surface area contributed by atoms with Gasteiger partial charge in [0, 0.05) is 10.0 Å². The van der Waals surface area contributed by atoms with E-state index in [1.54, 1.807) is 36.4 Å². The second kappa shape index (κ2) is 7.59. The molecule has 0 aliphatic rings. The van der Waals surface area contributed by atoms with Crippen molar-refractivity contribution in [3.8, 4) is 0 Å². The van der Waals surface area contributed by atoms with Crippen molar-refractivity contribution in [1.82, 2.24) is 0 Å². The summed E-state index contributed by atoms with van der Waals surface area (Å²) in [6.45, 7) is -0.442. The van der Waals surface area contributed by atoms with Crippen molar-refractivity contribution in [2.75, 3.05) is 17.6 Å². The molecule has 0 aromatic heterocycles. The van der Waals surface area contributed by atoms with E-state index in [0.717, 1.165) is 10.7 Å². The Morgan fingerprint density at radius 1 is 1.12 bits per heavy atom. The van der Waals surface area contributed by atoms with Gasteiger partial charge < -0.3 is 4.74 Å². The first-order valence-corrected chi connectivity index (χ1v) is 9.47. The number of hydrogen-bond donors (Lipinski definition) is 1. The van der Waals surface area contributed by atoms with Gasteiger partial charge in [0.05, 0.1) is 17.5 Å². The largest absolute Gasteiger partial charge is 0.454 e. The van der Waals surface area contributed by atoms with E-state index in [1.807, 2.05) is 0 Å². The minimum absolute atomic E-state index is 0.0324. The van der Waals surface area contributed by atoms with E-state index in [2.05, 4.69) is 20.7 Å². The third-order valence-electron chi connectivity index (χ3n) is 2.92. The third kappa shape index (κ3) is 5.17. The topological polar surface area (TPSA) is 89.5 Å². The highest BCUT2D eigenvalue weighted by molar-refractivity contribution is 9.10. The third-order valence-corrected chi connectivity index (χ3v) is 4.01. The maximum atomic E-state index is 12.1. The molecule has 2 rings (SSSR count).